The Morgan fingerprint density at radius 3 is 2.78 bits per heavy atom. The fourth-order valence-corrected chi connectivity index (χ4v) is 1.91. The number of carboxylic acid groups (broad SMARTS) is 1. The van der Waals surface area contributed by atoms with E-state index in [0.717, 1.165) is 10.2 Å². The standard InChI is InChI=1S/C13H18BrNO3/c1-10(13(16)17)9-15(2)7-8-18-12-6-4-3-5-11(12)14/h3-6,10H,7-9H2,1-2H3,(H,16,17). The van der Waals surface area contributed by atoms with Crippen molar-refractivity contribution in [3.63, 3.8) is 0 Å². The highest BCUT2D eigenvalue weighted by Gasteiger charge is 2.13. The van der Waals surface area contributed by atoms with Gasteiger partial charge in [-0.2, -0.15) is 0 Å². The highest BCUT2D eigenvalue weighted by Crippen LogP contribution is 2.23. The van der Waals surface area contributed by atoms with E-state index in [1.165, 1.54) is 0 Å². The van der Waals surface area contributed by atoms with E-state index in [0.29, 0.717) is 19.7 Å². The number of hydrogen-bond acceptors (Lipinski definition) is 3. The molecule has 18 heavy (non-hydrogen) atoms. The van der Waals surface area contributed by atoms with E-state index in [1.807, 2.05) is 36.2 Å². The van der Waals surface area contributed by atoms with Gasteiger partial charge in [-0.1, -0.05) is 19.1 Å². The quantitative estimate of drug-likeness (QED) is 0.840. The number of carbonyl (C=O) groups is 1. The Bertz CT molecular complexity index is 398. The van der Waals surface area contributed by atoms with Gasteiger partial charge in [-0.3, -0.25) is 4.79 Å². The van der Waals surface area contributed by atoms with Gasteiger partial charge in [-0.05, 0) is 35.1 Å². The number of nitrogens with zero attached hydrogens (tertiary/aromatic N) is 1. The summed E-state index contributed by atoms with van der Waals surface area (Å²) in [6.07, 6.45) is 0. The van der Waals surface area contributed by atoms with Crippen molar-refractivity contribution in [3.8, 4) is 5.75 Å². The minimum atomic E-state index is -0.770. The maximum absolute atomic E-state index is 10.7. The van der Waals surface area contributed by atoms with Crippen LogP contribution in [0.25, 0.3) is 0 Å². The fourth-order valence-electron chi connectivity index (χ4n) is 1.51. The molecular weight excluding hydrogens is 298 g/mol. The van der Waals surface area contributed by atoms with Gasteiger partial charge < -0.3 is 14.7 Å². The molecule has 0 radical (unpaired) electrons. The molecule has 5 heteroatoms. The molecule has 1 unspecified atom stereocenters. The van der Waals surface area contributed by atoms with E-state index in [-0.39, 0.29) is 5.92 Å². The van der Waals surface area contributed by atoms with Crippen molar-refractivity contribution in [2.75, 3.05) is 26.7 Å². The Kier molecular flexibility index (Phi) is 6.15. The molecule has 0 aliphatic heterocycles. The predicted octanol–water partition coefficient (Wildman–Crippen LogP) is 2.48. The molecule has 0 heterocycles. The van der Waals surface area contributed by atoms with E-state index in [2.05, 4.69) is 15.9 Å². The lowest BCUT2D eigenvalue weighted by atomic mass is 10.2. The van der Waals surface area contributed by atoms with Crippen LogP contribution in [0, 0.1) is 5.92 Å². The molecule has 0 saturated carbocycles. The molecule has 0 aliphatic carbocycles. The zero-order valence-electron chi connectivity index (χ0n) is 10.6. The van der Waals surface area contributed by atoms with Crippen LogP contribution in [0.15, 0.2) is 28.7 Å². The average Bonchev–Trinajstić information content (AvgIpc) is 2.31. The molecule has 0 fully saturated rings. The first kappa shape index (κ1) is 15.0. The van der Waals surface area contributed by atoms with Crippen LogP contribution < -0.4 is 4.74 Å². The monoisotopic (exact) mass is 315 g/mol. The second-order valence-corrected chi connectivity index (χ2v) is 5.13. The van der Waals surface area contributed by atoms with Crippen LogP contribution in [-0.4, -0.2) is 42.7 Å². The predicted molar refractivity (Wildman–Crippen MR) is 73.9 cm³/mol. The van der Waals surface area contributed by atoms with Crippen LogP contribution in [0.1, 0.15) is 6.92 Å². The van der Waals surface area contributed by atoms with E-state index in [4.69, 9.17) is 9.84 Å². The third-order valence-electron chi connectivity index (χ3n) is 2.57. The zero-order chi connectivity index (χ0) is 13.5. The number of aliphatic carboxylic acids is 1. The van der Waals surface area contributed by atoms with Gasteiger partial charge in [-0.25, -0.2) is 0 Å². The van der Waals surface area contributed by atoms with E-state index in [1.54, 1.807) is 6.92 Å². The molecule has 1 N–H and O–H groups in total. The summed E-state index contributed by atoms with van der Waals surface area (Å²) in [5, 5.41) is 8.81. The molecule has 0 aromatic heterocycles. The summed E-state index contributed by atoms with van der Waals surface area (Å²) in [5.41, 5.74) is 0. The minimum absolute atomic E-state index is 0.363. The average molecular weight is 316 g/mol. The fraction of sp³-hybridized carbons (Fsp3) is 0.462. The van der Waals surface area contributed by atoms with Crippen molar-refractivity contribution in [2.24, 2.45) is 5.92 Å². The van der Waals surface area contributed by atoms with Crippen LogP contribution in [0.3, 0.4) is 0 Å². The highest BCUT2D eigenvalue weighted by molar-refractivity contribution is 9.10. The van der Waals surface area contributed by atoms with Crippen LogP contribution >= 0.6 is 15.9 Å². The molecule has 0 bridgehead atoms. The second-order valence-electron chi connectivity index (χ2n) is 4.28. The molecule has 0 aliphatic rings. The third-order valence-corrected chi connectivity index (χ3v) is 3.23. The first-order valence-corrected chi connectivity index (χ1v) is 6.58. The Morgan fingerprint density at radius 2 is 2.17 bits per heavy atom. The molecule has 1 atom stereocenters. The van der Waals surface area contributed by atoms with E-state index < -0.39 is 5.97 Å². The van der Waals surface area contributed by atoms with Gasteiger partial charge in [0.2, 0.25) is 0 Å². The van der Waals surface area contributed by atoms with Gasteiger partial charge in [0, 0.05) is 13.1 Å². The number of ether oxygens (including phenoxy) is 1. The summed E-state index contributed by atoms with van der Waals surface area (Å²) in [7, 11) is 1.89. The van der Waals surface area contributed by atoms with Gasteiger partial charge in [0.1, 0.15) is 12.4 Å². The first-order valence-electron chi connectivity index (χ1n) is 5.79. The van der Waals surface area contributed by atoms with Gasteiger partial charge in [0.05, 0.1) is 10.4 Å². The van der Waals surface area contributed by atoms with Gasteiger partial charge in [0.15, 0.2) is 0 Å². The summed E-state index contributed by atoms with van der Waals surface area (Å²) >= 11 is 3.41. The minimum Gasteiger partial charge on any atom is -0.491 e. The summed E-state index contributed by atoms with van der Waals surface area (Å²) in [6, 6.07) is 7.66. The number of hydrogen-bond donors (Lipinski definition) is 1. The SMILES string of the molecule is CC(CN(C)CCOc1ccccc1Br)C(=O)O. The number of rotatable bonds is 7. The second kappa shape index (κ2) is 7.38. The molecule has 0 spiro atoms. The molecule has 0 amide bonds. The van der Waals surface area contributed by atoms with Crippen LogP contribution in [-0.2, 0) is 4.79 Å². The number of halogens is 1. The maximum atomic E-state index is 10.7. The van der Waals surface area contributed by atoms with Crippen molar-refractivity contribution in [1.29, 1.82) is 0 Å². The van der Waals surface area contributed by atoms with Crippen LogP contribution in [0.4, 0.5) is 0 Å². The number of benzene rings is 1. The van der Waals surface area contributed by atoms with Gasteiger partial charge >= 0.3 is 5.97 Å². The number of para-hydroxylation sites is 1. The van der Waals surface area contributed by atoms with Crippen molar-refractivity contribution in [2.45, 2.75) is 6.92 Å². The topological polar surface area (TPSA) is 49.8 Å². The number of likely N-dealkylation sites (N-methyl/N-ethyl adjacent to an activating group) is 1. The normalized spacial score (nSPS) is 12.4. The lowest BCUT2D eigenvalue weighted by molar-refractivity contribution is -0.141. The highest BCUT2D eigenvalue weighted by atomic mass is 79.9. The maximum Gasteiger partial charge on any atom is 0.307 e. The summed E-state index contributed by atoms with van der Waals surface area (Å²) in [6.45, 7) is 3.45. The molecule has 1 aromatic rings. The third kappa shape index (κ3) is 5.06. The molecule has 4 nitrogen and oxygen atoms in total. The Hall–Kier alpha value is -1.07. The smallest absolute Gasteiger partial charge is 0.307 e. The summed E-state index contributed by atoms with van der Waals surface area (Å²) in [4.78, 5) is 12.7. The van der Waals surface area contributed by atoms with E-state index >= 15 is 0 Å². The van der Waals surface area contributed by atoms with Crippen molar-refractivity contribution in [1.82, 2.24) is 4.90 Å². The summed E-state index contributed by atoms with van der Waals surface area (Å²) < 4.78 is 6.54. The van der Waals surface area contributed by atoms with Crippen molar-refractivity contribution < 1.29 is 14.6 Å². The van der Waals surface area contributed by atoms with Gasteiger partial charge in [0.25, 0.3) is 0 Å². The summed E-state index contributed by atoms with van der Waals surface area (Å²) in [5.74, 6) is -0.329. The first-order chi connectivity index (χ1) is 8.50. The van der Waals surface area contributed by atoms with Crippen molar-refractivity contribution in [3.05, 3.63) is 28.7 Å². The Labute approximate surface area is 116 Å². The lowest BCUT2D eigenvalue weighted by Gasteiger charge is -2.19. The molecule has 1 rings (SSSR count). The van der Waals surface area contributed by atoms with Crippen LogP contribution in [0.5, 0.6) is 5.75 Å². The molecule has 0 saturated heterocycles. The van der Waals surface area contributed by atoms with E-state index in [9.17, 15) is 4.79 Å². The molecule has 1 aromatic carbocycles. The van der Waals surface area contributed by atoms with Gasteiger partial charge in [-0.15, -0.1) is 0 Å². The lowest BCUT2D eigenvalue weighted by Crippen LogP contribution is -2.31. The van der Waals surface area contributed by atoms with Crippen molar-refractivity contribution >= 4 is 21.9 Å². The Morgan fingerprint density at radius 1 is 1.50 bits per heavy atom. The molecule has 100 valence electrons. The van der Waals surface area contributed by atoms with Crippen LogP contribution in [0.2, 0.25) is 0 Å². The number of carboxylic acids is 1. The largest absolute Gasteiger partial charge is 0.491 e. The zero-order valence-corrected chi connectivity index (χ0v) is 12.2. The Balaban J connectivity index is 2.30. The molecular formula is C13H18BrNO3.